The Bertz CT molecular complexity index is 376. The van der Waals surface area contributed by atoms with Crippen LogP contribution in [0.15, 0.2) is 30.3 Å². The third kappa shape index (κ3) is 3.67. The number of aliphatic hydroxyl groups excluding tert-OH is 1. The standard InChI is InChI=1S/C16H24O2/c1-5-9-13(15(18)16(2,3)4)14(17)12-10-7-6-8-11-12/h6-8,10-11,13-14,17H,5,9H2,1-4H3/t13-,14+/m0/s1. The second kappa shape index (κ2) is 6.14. The van der Waals surface area contributed by atoms with Crippen molar-refractivity contribution in [3.63, 3.8) is 0 Å². The molecule has 0 saturated carbocycles. The van der Waals surface area contributed by atoms with Gasteiger partial charge in [0.1, 0.15) is 5.78 Å². The monoisotopic (exact) mass is 248 g/mol. The maximum atomic E-state index is 12.4. The SMILES string of the molecule is CCC[C@H](C(=O)C(C)(C)C)[C@H](O)c1ccccc1. The lowest BCUT2D eigenvalue weighted by Crippen LogP contribution is -2.32. The number of carbonyl (C=O) groups excluding carboxylic acids is 1. The highest BCUT2D eigenvalue weighted by Crippen LogP contribution is 2.32. The number of Topliss-reactive ketones (excluding diaryl/α,β-unsaturated/α-hetero) is 1. The van der Waals surface area contributed by atoms with Crippen LogP contribution >= 0.6 is 0 Å². The Morgan fingerprint density at radius 2 is 1.78 bits per heavy atom. The second-order valence-corrected chi connectivity index (χ2v) is 5.86. The highest BCUT2D eigenvalue weighted by atomic mass is 16.3. The Kier molecular flexibility index (Phi) is 5.09. The van der Waals surface area contributed by atoms with Crippen molar-refractivity contribution in [1.29, 1.82) is 0 Å². The Morgan fingerprint density at radius 1 is 1.22 bits per heavy atom. The van der Waals surface area contributed by atoms with Crippen LogP contribution in [0.2, 0.25) is 0 Å². The molecule has 2 heteroatoms. The van der Waals surface area contributed by atoms with Crippen molar-refractivity contribution in [3.8, 4) is 0 Å². The molecule has 0 heterocycles. The largest absolute Gasteiger partial charge is 0.388 e. The third-order valence-corrected chi connectivity index (χ3v) is 3.20. The van der Waals surface area contributed by atoms with Crippen molar-refractivity contribution in [3.05, 3.63) is 35.9 Å². The van der Waals surface area contributed by atoms with Gasteiger partial charge in [-0.25, -0.2) is 0 Å². The van der Waals surface area contributed by atoms with E-state index < -0.39 is 11.5 Å². The molecule has 0 bridgehead atoms. The van der Waals surface area contributed by atoms with Crippen LogP contribution in [0.1, 0.15) is 52.2 Å². The Morgan fingerprint density at radius 3 is 2.22 bits per heavy atom. The molecule has 0 unspecified atom stereocenters. The number of aliphatic hydroxyl groups is 1. The molecule has 0 radical (unpaired) electrons. The smallest absolute Gasteiger partial charge is 0.144 e. The average Bonchev–Trinajstić information content (AvgIpc) is 2.34. The Balaban J connectivity index is 2.95. The summed E-state index contributed by atoms with van der Waals surface area (Å²) >= 11 is 0. The quantitative estimate of drug-likeness (QED) is 0.861. The van der Waals surface area contributed by atoms with E-state index in [-0.39, 0.29) is 11.7 Å². The zero-order chi connectivity index (χ0) is 13.8. The molecule has 2 atom stereocenters. The van der Waals surface area contributed by atoms with E-state index >= 15 is 0 Å². The maximum Gasteiger partial charge on any atom is 0.144 e. The molecule has 0 saturated heterocycles. The van der Waals surface area contributed by atoms with Gasteiger partial charge in [0.25, 0.3) is 0 Å². The van der Waals surface area contributed by atoms with E-state index in [4.69, 9.17) is 0 Å². The summed E-state index contributed by atoms with van der Waals surface area (Å²) in [6.45, 7) is 7.78. The van der Waals surface area contributed by atoms with Crippen molar-refractivity contribution >= 4 is 5.78 Å². The van der Waals surface area contributed by atoms with Crippen LogP contribution in [-0.2, 0) is 4.79 Å². The number of ketones is 1. The van der Waals surface area contributed by atoms with Crippen LogP contribution in [0.5, 0.6) is 0 Å². The minimum atomic E-state index is -0.696. The van der Waals surface area contributed by atoms with E-state index in [0.717, 1.165) is 18.4 Å². The molecule has 18 heavy (non-hydrogen) atoms. The number of hydrogen-bond acceptors (Lipinski definition) is 2. The van der Waals surface area contributed by atoms with E-state index in [9.17, 15) is 9.90 Å². The molecule has 0 fully saturated rings. The fraction of sp³-hybridized carbons (Fsp3) is 0.562. The fourth-order valence-electron chi connectivity index (χ4n) is 2.18. The first-order valence-corrected chi connectivity index (χ1v) is 6.65. The van der Waals surface area contributed by atoms with Crippen molar-refractivity contribution in [2.24, 2.45) is 11.3 Å². The fourth-order valence-corrected chi connectivity index (χ4v) is 2.18. The van der Waals surface area contributed by atoms with Crippen molar-refractivity contribution in [2.75, 3.05) is 0 Å². The topological polar surface area (TPSA) is 37.3 Å². The molecular formula is C16H24O2. The van der Waals surface area contributed by atoms with Gasteiger partial charge in [-0.1, -0.05) is 64.4 Å². The second-order valence-electron chi connectivity index (χ2n) is 5.86. The van der Waals surface area contributed by atoms with Gasteiger partial charge in [-0.3, -0.25) is 4.79 Å². The molecule has 1 aromatic rings. The number of rotatable bonds is 5. The van der Waals surface area contributed by atoms with Gasteiger partial charge in [0.15, 0.2) is 0 Å². The highest BCUT2D eigenvalue weighted by Gasteiger charge is 2.34. The predicted octanol–water partition coefficient (Wildman–Crippen LogP) is 3.75. The molecule has 1 aromatic carbocycles. The molecule has 0 amide bonds. The molecule has 0 aliphatic rings. The van der Waals surface area contributed by atoms with E-state index in [2.05, 4.69) is 0 Å². The van der Waals surface area contributed by atoms with Gasteiger partial charge < -0.3 is 5.11 Å². The van der Waals surface area contributed by atoms with Crippen molar-refractivity contribution in [1.82, 2.24) is 0 Å². The zero-order valence-electron chi connectivity index (χ0n) is 11.8. The summed E-state index contributed by atoms with van der Waals surface area (Å²) in [5.74, 6) is -0.168. The summed E-state index contributed by atoms with van der Waals surface area (Å²) in [5, 5.41) is 10.4. The lowest BCUT2D eigenvalue weighted by molar-refractivity contribution is -0.134. The molecule has 1 rings (SSSR count). The van der Waals surface area contributed by atoms with Crippen LogP contribution in [-0.4, -0.2) is 10.9 Å². The zero-order valence-corrected chi connectivity index (χ0v) is 11.8. The predicted molar refractivity (Wildman–Crippen MR) is 74.3 cm³/mol. The van der Waals surface area contributed by atoms with Crippen LogP contribution in [0.3, 0.4) is 0 Å². The molecule has 2 nitrogen and oxygen atoms in total. The number of hydrogen-bond donors (Lipinski definition) is 1. The van der Waals surface area contributed by atoms with Crippen molar-refractivity contribution < 1.29 is 9.90 Å². The van der Waals surface area contributed by atoms with Crippen LogP contribution in [0.4, 0.5) is 0 Å². The van der Waals surface area contributed by atoms with E-state index in [0.29, 0.717) is 0 Å². The summed E-state index contributed by atoms with van der Waals surface area (Å²) in [7, 11) is 0. The molecular weight excluding hydrogens is 224 g/mol. The Hall–Kier alpha value is -1.15. The van der Waals surface area contributed by atoms with E-state index in [1.165, 1.54) is 0 Å². The molecule has 0 aliphatic carbocycles. The van der Waals surface area contributed by atoms with Crippen LogP contribution in [0.25, 0.3) is 0 Å². The average molecular weight is 248 g/mol. The number of carbonyl (C=O) groups is 1. The molecule has 100 valence electrons. The van der Waals surface area contributed by atoms with Crippen LogP contribution < -0.4 is 0 Å². The minimum absolute atomic E-state index is 0.140. The minimum Gasteiger partial charge on any atom is -0.388 e. The Labute approximate surface area is 110 Å². The summed E-state index contributed by atoms with van der Waals surface area (Å²) < 4.78 is 0. The first-order valence-electron chi connectivity index (χ1n) is 6.65. The summed E-state index contributed by atoms with van der Waals surface area (Å²) in [6.07, 6.45) is 0.931. The van der Waals surface area contributed by atoms with Gasteiger partial charge >= 0.3 is 0 Å². The van der Waals surface area contributed by atoms with Gasteiger partial charge in [-0.15, -0.1) is 0 Å². The summed E-state index contributed by atoms with van der Waals surface area (Å²) in [6, 6.07) is 9.45. The summed E-state index contributed by atoms with van der Waals surface area (Å²) in [4.78, 5) is 12.4. The molecule has 0 aromatic heterocycles. The van der Waals surface area contributed by atoms with Gasteiger partial charge in [0, 0.05) is 11.3 Å². The lowest BCUT2D eigenvalue weighted by atomic mass is 9.77. The van der Waals surface area contributed by atoms with E-state index in [1.807, 2.05) is 58.0 Å². The molecule has 1 N–H and O–H groups in total. The van der Waals surface area contributed by atoms with Crippen LogP contribution in [0, 0.1) is 11.3 Å². The molecule has 0 spiro atoms. The van der Waals surface area contributed by atoms with Gasteiger partial charge in [-0.05, 0) is 12.0 Å². The first kappa shape index (κ1) is 14.9. The third-order valence-electron chi connectivity index (χ3n) is 3.20. The normalized spacial score (nSPS) is 15.2. The van der Waals surface area contributed by atoms with Gasteiger partial charge in [-0.2, -0.15) is 0 Å². The first-order chi connectivity index (χ1) is 8.38. The maximum absolute atomic E-state index is 12.4. The molecule has 0 aliphatic heterocycles. The van der Waals surface area contributed by atoms with Gasteiger partial charge in [0.2, 0.25) is 0 Å². The van der Waals surface area contributed by atoms with Gasteiger partial charge in [0.05, 0.1) is 6.10 Å². The van der Waals surface area contributed by atoms with E-state index in [1.54, 1.807) is 0 Å². The highest BCUT2D eigenvalue weighted by molar-refractivity contribution is 5.86. The lowest BCUT2D eigenvalue weighted by Gasteiger charge is -2.28. The van der Waals surface area contributed by atoms with Crippen molar-refractivity contribution in [2.45, 2.75) is 46.6 Å². The number of benzene rings is 1. The summed E-state index contributed by atoms with van der Waals surface area (Å²) in [5.41, 5.74) is 0.420.